The van der Waals surface area contributed by atoms with Gasteiger partial charge in [0.05, 0.1) is 18.6 Å². The molecule has 0 unspecified atom stereocenters. The van der Waals surface area contributed by atoms with Crippen LogP contribution >= 0.6 is 24.0 Å². The number of hydrazine groups is 1. The van der Waals surface area contributed by atoms with E-state index < -0.39 is 5.91 Å². The first-order valence-corrected chi connectivity index (χ1v) is 12.2. The lowest BCUT2D eigenvalue weighted by atomic mass is 10.1. The van der Waals surface area contributed by atoms with Crippen LogP contribution in [0.2, 0.25) is 0 Å². The van der Waals surface area contributed by atoms with E-state index in [1.165, 1.54) is 5.56 Å². The Morgan fingerprint density at radius 1 is 1.06 bits per heavy atom. The minimum absolute atomic E-state index is 0.259. The number of rotatable bonds is 8. The van der Waals surface area contributed by atoms with Gasteiger partial charge in [-0.2, -0.15) is 5.01 Å². The Morgan fingerprint density at radius 3 is 2.51 bits per heavy atom. The smallest absolute Gasteiger partial charge is 0.285 e. The number of hydrogen-bond acceptors (Lipinski definition) is 6. The molecule has 8 heteroatoms. The molecule has 2 amide bonds. The maximum absolute atomic E-state index is 12.9. The third-order valence-corrected chi connectivity index (χ3v) is 6.60. The van der Waals surface area contributed by atoms with Crippen LogP contribution in [-0.2, 0) is 11.2 Å². The Labute approximate surface area is 213 Å². The Morgan fingerprint density at radius 2 is 1.80 bits per heavy atom. The third-order valence-electron chi connectivity index (χ3n) is 5.30. The molecular weight excluding hydrogens is 480 g/mol. The number of benzene rings is 3. The van der Waals surface area contributed by atoms with Gasteiger partial charge in [0.1, 0.15) is 0 Å². The zero-order chi connectivity index (χ0) is 24.8. The topological polar surface area (TPSA) is 67.9 Å². The zero-order valence-electron chi connectivity index (χ0n) is 19.3. The Bertz CT molecular complexity index is 1270. The summed E-state index contributed by atoms with van der Waals surface area (Å²) in [5.41, 5.74) is 6.03. The largest absolute Gasteiger partial charge is 0.493 e. The van der Waals surface area contributed by atoms with Crippen molar-refractivity contribution in [3.8, 4) is 11.5 Å². The average Bonchev–Trinajstić information content (AvgIpc) is 3.13. The number of carbonyl (C=O) groups is 2. The normalized spacial score (nSPS) is 14.3. The second-order valence-electron chi connectivity index (χ2n) is 7.82. The molecule has 178 valence electrons. The Kier molecular flexibility index (Phi) is 7.84. The average molecular weight is 505 g/mol. The van der Waals surface area contributed by atoms with Crippen molar-refractivity contribution < 1.29 is 19.1 Å². The number of amides is 2. The van der Waals surface area contributed by atoms with Crippen LogP contribution in [0, 0.1) is 6.92 Å². The molecule has 1 saturated heterocycles. The van der Waals surface area contributed by atoms with Gasteiger partial charge in [-0.1, -0.05) is 65.9 Å². The maximum atomic E-state index is 12.9. The van der Waals surface area contributed by atoms with E-state index in [4.69, 9.17) is 21.7 Å². The molecule has 0 bridgehead atoms. The molecule has 1 N–H and O–H groups in total. The number of ether oxygens (including phenoxy) is 2. The summed E-state index contributed by atoms with van der Waals surface area (Å²) in [6.45, 7) is 2.45. The SMILES string of the molecule is COc1cc(/C=C2\SC(=S)N(NC(=O)c3ccc(C)cc3)C2=O)ccc1OCCc1ccccc1. The van der Waals surface area contributed by atoms with Gasteiger partial charge in [0, 0.05) is 12.0 Å². The number of hydrogen-bond donors (Lipinski definition) is 1. The van der Waals surface area contributed by atoms with E-state index >= 15 is 0 Å². The number of thiocarbonyl (C=S) groups is 1. The molecule has 1 aliphatic rings. The quantitative estimate of drug-likeness (QED) is 0.337. The number of carbonyl (C=O) groups excluding carboxylic acids is 2. The minimum Gasteiger partial charge on any atom is -0.493 e. The fourth-order valence-corrected chi connectivity index (χ4v) is 4.58. The number of methoxy groups -OCH3 is 1. The van der Waals surface area contributed by atoms with Gasteiger partial charge in [-0.25, -0.2) is 0 Å². The highest BCUT2D eigenvalue weighted by atomic mass is 32.2. The van der Waals surface area contributed by atoms with Crippen molar-refractivity contribution in [1.82, 2.24) is 10.4 Å². The standard InChI is InChI=1S/C27H24N2O4S2/c1-18-8-11-21(12-9-18)25(30)28-29-26(31)24(35-27(29)34)17-20-10-13-22(23(16-20)32-2)33-15-14-19-6-4-3-5-7-19/h3-13,16-17H,14-15H2,1-2H3,(H,28,30)/b24-17-. The molecule has 0 atom stereocenters. The van der Waals surface area contributed by atoms with Crippen LogP contribution in [0.25, 0.3) is 6.08 Å². The summed E-state index contributed by atoms with van der Waals surface area (Å²) >= 11 is 6.45. The fourth-order valence-electron chi connectivity index (χ4n) is 3.40. The first-order chi connectivity index (χ1) is 16.9. The predicted octanol–water partition coefficient (Wildman–Crippen LogP) is 5.17. The van der Waals surface area contributed by atoms with Gasteiger partial charge in [0.2, 0.25) is 0 Å². The minimum atomic E-state index is -0.402. The first kappa shape index (κ1) is 24.5. The third kappa shape index (κ3) is 6.09. The lowest BCUT2D eigenvalue weighted by Crippen LogP contribution is -2.44. The van der Waals surface area contributed by atoms with Crippen molar-refractivity contribution in [2.24, 2.45) is 0 Å². The van der Waals surface area contributed by atoms with Crippen LogP contribution < -0.4 is 14.9 Å². The Balaban J connectivity index is 1.42. The van der Waals surface area contributed by atoms with Crippen LogP contribution in [0.15, 0.2) is 77.7 Å². The predicted molar refractivity (Wildman–Crippen MR) is 142 cm³/mol. The van der Waals surface area contributed by atoms with E-state index in [9.17, 15) is 9.59 Å². The molecule has 0 spiro atoms. The molecule has 3 aromatic rings. The molecule has 1 fully saturated rings. The molecule has 0 aliphatic carbocycles. The van der Waals surface area contributed by atoms with E-state index in [2.05, 4.69) is 17.6 Å². The molecule has 3 aromatic carbocycles. The molecule has 35 heavy (non-hydrogen) atoms. The molecular formula is C27H24N2O4S2. The summed E-state index contributed by atoms with van der Waals surface area (Å²) in [6, 6.07) is 22.6. The first-order valence-electron chi connectivity index (χ1n) is 10.9. The van der Waals surface area contributed by atoms with Gasteiger partial charge < -0.3 is 9.47 Å². The highest BCUT2D eigenvalue weighted by molar-refractivity contribution is 8.26. The number of nitrogens with one attached hydrogen (secondary N) is 1. The second kappa shape index (κ2) is 11.2. The maximum Gasteiger partial charge on any atom is 0.285 e. The van der Waals surface area contributed by atoms with Gasteiger partial charge in [-0.05, 0) is 60.6 Å². The summed E-state index contributed by atoms with van der Waals surface area (Å²) in [4.78, 5) is 25.9. The van der Waals surface area contributed by atoms with Crippen LogP contribution in [0.3, 0.4) is 0 Å². The molecule has 0 aromatic heterocycles. The van der Waals surface area contributed by atoms with Gasteiger partial charge in [0.25, 0.3) is 11.8 Å². The summed E-state index contributed by atoms with van der Waals surface area (Å²) in [5.74, 6) is 0.400. The van der Waals surface area contributed by atoms with Crippen molar-refractivity contribution >= 4 is 46.2 Å². The summed E-state index contributed by atoms with van der Waals surface area (Å²) in [6.07, 6.45) is 2.50. The van der Waals surface area contributed by atoms with Crippen molar-refractivity contribution in [3.63, 3.8) is 0 Å². The molecule has 4 rings (SSSR count). The molecule has 0 radical (unpaired) electrons. The van der Waals surface area contributed by atoms with Gasteiger partial charge >= 0.3 is 0 Å². The van der Waals surface area contributed by atoms with Crippen LogP contribution in [0.4, 0.5) is 0 Å². The molecule has 1 aliphatic heterocycles. The van der Waals surface area contributed by atoms with E-state index in [-0.39, 0.29) is 10.2 Å². The monoisotopic (exact) mass is 504 g/mol. The van der Waals surface area contributed by atoms with Gasteiger partial charge in [0.15, 0.2) is 15.8 Å². The van der Waals surface area contributed by atoms with Crippen LogP contribution in [0.5, 0.6) is 11.5 Å². The number of thioether (sulfide) groups is 1. The van der Waals surface area contributed by atoms with Crippen LogP contribution in [0.1, 0.15) is 27.0 Å². The van der Waals surface area contributed by atoms with E-state index in [1.54, 1.807) is 31.4 Å². The lowest BCUT2D eigenvalue weighted by Gasteiger charge is -2.15. The van der Waals surface area contributed by atoms with Gasteiger partial charge in [-0.15, -0.1) is 0 Å². The highest BCUT2D eigenvalue weighted by Gasteiger charge is 2.33. The number of nitrogens with zero attached hydrogens (tertiary/aromatic N) is 1. The van der Waals surface area contributed by atoms with Crippen molar-refractivity contribution in [2.45, 2.75) is 13.3 Å². The van der Waals surface area contributed by atoms with Gasteiger partial charge in [-0.3, -0.25) is 15.0 Å². The summed E-state index contributed by atoms with van der Waals surface area (Å²) < 4.78 is 11.7. The van der Waals surface area contributed by atoms with E-state index in [0.29, 0.717) is 28.6 Å². The molecule has 1 heterocycles. The van der Waals surface area contributed by atoms with Crippen LogP contribution in [-0.4, -0.2) is 34.9 Å². The number of aryl methyl sites for hydroxylation is 1. The van der Waals surface area contributed by atoms with Crippen molar-refractivity contribution in [2.75, 3.05) is 13.7 Å². The van der Waals surface area contributed by atoms with Crippen molar-refractivity contribution in [1.29, 1.82) is 0 Å². The fraction of sp³-hybridized carbons (Fsp3) is 0.148. The molecule has 6 nitrogen and oxygen atoms in total. The molecule has 0 saturated carbocycles. The second-order valence-corrected chi connectivity index (χ2v) is 9.49. The zero-order valence-corrected chi connectivity index (χ0v) is 20.9. The van der Waals surface area contributed by atoms with Crippen molar-refractivity contribution in [3.05, 3.63) is 100.0 Å². The Hall–Kier alpha value is -3.62. The highest BCUT2D eigenvalue weighted by Crippen LogP contribution is 2.34. The van der Waals surface area contributed by atoms with E-state index in [0.717, 1.165) is 34.3 Å². The summed E-state index contributed by atoms with van der Waals surface area (Å²) in [7, 11) is 1.57. The lowest BCUT2D eigenvalue weighted by molar-refractivity contribution is -0.123. The van der Waals surface area contributed by atoms with E-state index in [1.807, 2.05) is 49.4 Å². The summed E-state index contributed by atoms with van der Waals surface area (Å²) in [5, 5.41) is 1.10.